The molecule has 0 fully saturated rings. The Kier molecular flexibility index (Phi) is 8.42. The summed E-state index contributed by atoms with van der Waals surface area (Å²) >= 11 is 0. The van der Waals surface area contributed by atoms with Crippen LogP contribution in [0.2, 0.25) is 0 Å². The molecule has 1 aromatic rings. The van der Waals surface area contributed by atoms with Gasteiger partial charge in [0.2, 0.25) is 0 Å². The van der Waals surface area contributed by atoms with Crippen LogP contribution in [0.1, 0.15) is 5.56 Å². The van der Waals surface area contributed by atoms with E-state index < -0.39 is 0 Å². The lowest BCUT2D eigenvalue weighted by Crippen LogP contribution is -2.20. The summed E-state index contributed by atoms with van der Waals surface area (Å²) in [6.45, 7) is 1.89. The van der Waals surface area contributed by atoms with Crippen LogP contribution in [0.15, 0.2) is 30.3 Å². The fourth-order valence-electron chi connectivity index (χ4n) is 1.74. The van der Waals surface area contributed by atoms with E-state index in [1.54, 1.807) is 0 Å². The van der Waals surface area contributed by atoms with Crippen LogP contribution in [0.25, 0.3) is 0 Å². The van der Waals surface area contributed by atoms with Crippen LogP contribution in [-0.2, 0) is 15.9 Å². The van der Waals surface area contributed by atoms with E-state index >= 15 is 0 Å². The number of rotatable bonds is 10. The standard InChI is InChI=1S/C14H22O4/c15-6-8-17-11-14(12-18-9-7-16)10-13-4-2-1-3-5-13/h1-5,14-16H,6-12H2. The predicted molar refractivity (Wildman–Crippen MR) is 69.4 cm³/mol. The Labute approximate surface area is 108 Å². The summed E-state index contributed by atoms with van der Waals surface area (Å²) < 4.78 is 10.7. The molecule has 18 heavy (non-hydrogen) atoms. The van der Waals surface area contributed by atoms with Crippen LogP contribution in [0.3, 0.4) is 0 Å². The molecular formula is C14H22O4. The first-order valence-electron chi connectivity index (χ1n) is 6.28. The van der Waals surface area contributed by atoms with E-state index in [0.717, 1.165) is 6.42 Å². The molecule has 1 rings (SSSR count). The second-order valence-electron chi connectivity index (χ2n) is 4.15. The van der Waals surface area contributed by atoms with Gasteiger partial charge in [-0.1, -0.05) is 30.3 Å². The van der Waals surface area contributed by atoms with Gasteiger partial charge in [-0.15, -0.1) is 0 Å². The molecule has 0 aromatic heterocycles. The molecule has 0 aliphatic heterocycles. The van der Waals surface area contributed by atoms with E-state index in [-0.39, 0.29) is 19.1 Å². The zero-order valence-electron chi connectivity index (χ0n) is 10.6. The molecule has 0 radical (unpaired) electrons. The summed E-state index contributed by atoms with van der Waals surface area (Å²) in [5.74, 6) is 0.241. The van der Waals surface area contributed by atoms with Gasteiger partial charge in [-0.25, -0.2) is 0 Å². The molecular weight excluding hydrogens is 232 g/mol. The van der Waals surface area contributed by atoms with E-state index in [4.69, 9.17) is 19.7 Å². The maximum absolute atomic E-state index is 8.69. The van der Waals surface area contributed by atoms with Gasteiger partial charge in [-0.05, 0) is 12.0 Å². The Morgan fingerprint density at radius 2 is 1.44 bits per heavy atom. The van der Waals surface area contributed by atoms with Crippen molar-refractivity contribution in [2.24, 2.45) is 5.92 Å². The van der Waals surface area contributed by atoms with Crippen LogP contribution >= 0.6 is 0 Å². The number of hydrogen-bond donors (Lipinski definition) is 2. The fraction of sp³-hybridized carbons (Fsp3) is 0.571. The van der Waals surface area contributed by atoms with Crippen LogP contribution in [0.5, 0.6) is 0 Å². The van der Waals surface area contributed by atoms with E-state index in [1.807, 2.05) is 18.2 Å². The minimum atomic E-state index is 0.0373. The van der Waals surface area contributed by atoms with Crippen molar-refractivity contribution in [1.29, 1.82) is 0 Å². The van der Waals surface area contributed by atoms with E-state index in [9.17, 15) is 0 Å². The molecule has 0 amide bonds. The lowest BCUT2D eigenvalue weighted by Gasteiger charge is -2.17. The van der Waals surface area contributed by atoms with Gasteiger partial charge in [-0.3, -0.25) is 0 Å². The molecule has 4 heteroatoms. The number of aliphatic hydroxyl groups excluding tert-OH is 2. The smallest absolute Gasteiger partial charge is 0.0697 e. The van der Waals surface area contributed by atoms with E-state index in [2.05, 4.69) is 12.1 Å². The minimum Gasteiger partial charge on any atom is -0.394 e. The van der Waals surface area contributed by atoms with Gasteiger partial charge < -0.3 is 19.7 Å². The first kappa shape index (κ1) is 15.1. The van der Waals surface area contributed by atoms with Crippen LogP contribution in [0, 0.1) is 5.92 Å². The summed E-state index contributed by atoms with van der Waals surface area (Å²) in [6, 6.07) is 10.2. The average molecular weight is 254 g/mol. The molecule has 0 atom stereocenters. The minimum absolute atomic E-state index is 0.0373. The highest BCUT2D eigenvalue weighted by Crippen LogP contribution is 2.10. The molecule has 4 nitrogen and oxygen atoms in total. The zero-order valence-corrected chi connectivity index (χ0v) is 10.6. The summed E-state index contributed by atoms with van der Waals surface area (Å²) in [5, 5.41) is 17.4. The third kappa shape index (κ3) is 6.71. The van der Waals surface area contributed by atoms with Gasteiger partial charge >= 0.3 is 0 Å². The SMILES string of the molecule is OCCOCC(COCCO)Cc1ccccc1. The number of benzene rings is 1. The highest BCUT2D eigenvalue weighted by molar-refractivity contribution is 5.15. The summed E-state index contributed by atoms with van der Waals surface area (Å²) in [5.41, 5.74) is 1.24. The number of aliphatic hydroxyl groups is 2. The lowest BCUT2D eigenvalue weighted by atomic mass is 10.0. The van der Waals surface area contributed by atoms with Gasteiger partial charge in [0, 0.05) is 5.92 Å². The first-order chi connectivity index (χ1) is 8.86. The van der Waals surface area contributed by atoms with Crippen LogP contribution in [0.4, 0.5) is 0 Å². The van der Waals surface area contributed by atoms with Crippen molar-refractivity contribution in [2.75, 3.05) is 39.6 Å². The third-order valence-electron chi connectivity index (χ3n) is 2.55. The van der Waals surface area contributed by atoms with Crippen molar-refractivity contribution in [3.05, 3.63) is 35.9 Å². The maximum atomic E-state index is 8.69. The Morgan fingerprint density at radius 1 is 0.889 bits per heavy atom. The molecule has 2 N–H and O–H groups in total. The summed E-state index contributed by atoms with van der Waals surface area (Å²) in [7, 11) is 0. The average Bonchev–Trinajstić information content (AvgIpc) is 2.40. The molecule has 0 saturated heterocycles. The molecule has 0 aliphatic carbocycles. The quantitative estimate of drug-likeness (QED) is 0.608. The van der Waals surface area contributed by atoms with E-state index in [1.165, 1.54) is 5.56 Å². The molecule has 0 aliphatic rings. The molecule has 0 bridgehead atoms. The summed E-state index contributed by atoms with van der Waals surface area (Å²) in [6.07, 6.45) is 0.873. The molecule has 1 aromatic carbocycles. The third-order valence-corrected chi connectivity index (χ3v) is 2.55. The fourth-order valence-corrected chi connectivity index (χ4v) is 1.74. The Morgan fingerprint density at radius 3 is 1.94 bits per heavy atom. The van der Waals surface area contributed by atoms with Crippen LogP contribution in [-0.4, -0.2) is 49.9 Å². The van der Waals surface area contributed by atoms with Gasteiger partial charge in [0.15, 0.2) is 0 Å². The molecule has 102 valence electrons. The Bertz CT molecular complexity index is 279. The highest BCUT2D eigenvalue weighted by Gasteiger charge is 2.10. The van der Waals surface area contributed by atoms with Crippen molar-refractivity contribution < 1.29 is 19.7 Å². The lowest BCUT2D eigenvalue weighted by molar-refractivity contribution is 0.0176. The second kappa shape index (κ2) is 10.0. The zero-order chi connectivity index (χ0) is 13.1. The van der Waals surface area contributed by atoms with Gasteiger partial charge in [0.25, 0.3) is 0 Å². The predicted octanol–water partition coefficient (Wildman–Crippen LogP) is 0.863. The van der Waals surface area contributed by atoms with Crippen LogP contribution < -0.4 is 0 Å². The Hall–Kier alpha value is -0.940. The van der Waals surface area contributed by atoms with Crippen molar-refractivity contribution in [1.82, 2.24) is 0 Å². The second-order valence-corrected chi connectivity index (χ2v) is 4.15. The van der Waals surface area contributed by atoms with Gasteiger partial charge in [-0.2, -0.15) is 0 Å². The maximum Gasteiger partial charge on any atom is 0.0697 e. The topological polar surface area (TPSA) is 58.9 Å². The first-order valence-corrected chi connectivity index (χ1v) is 6.28. The monoisotopic (exact) mass is 254 g/mol. The summed E-state index contributed by atoms with van der Waals surface area (Å²) in [4.78, 5) is 0. The largest absolute Gasteiger partial charge is 0.394 e. The van der Waals surface area contributed by atoms with Crippen molar-refractivity contribution in [2.45, 2.75) is 6.42 Å². The molecule has 0 heterocycles. The number of ether oxygens (including phenoxy) is 2. The molecule has 0 unspecified atom stereocenters. The van der Waals surface area contributed by atoms with Crippen molar-refractivity contribution in [3.63, 3.8) is 0 Å². The van der Waals surface area contributed by atoms with E-state index in [0.29, 0.717) is 26.4 Å². The molecule has 0 saturated carbocycles. The normalized spacial score (nSPS) is 11.1. The molecule has 0 spiro atoms. The number of hydrogen-bond acceptors (Lipinski definition) is 4. The Balaban J connectivity index is 2.37. The van der Waals surface area contributed by atoms with Crippen molar-refractivity contribution in [3.8, 4) is 0 Å². The highest BCUT2D eigenvalue weighted by atomic mass is 16.5. The van der Waals surface area contributed by atoms with Crippen molar-refractivity contribution >= 4 is 0 Å². The van der Waals surface area contributed by atoms with Gasteiger partial charge in [0.05, 0.1) is 39.6 Å². The van der Waals surface area contributed by atoms with Gasteiger partial charge in [0.1, 0.15) is 0 Å².